The highest BCUT2D eigenvalue weighted by Crippen LogP contribution is 2.45. The number of alkyl halides is 1. The Morgan fingerprint density at radius 1 is 0.702 bits per heavy atom. The van der Waals surface area contributed by atoms with Crippen LogP contribution in [0.3, 0.4) is 0 Å². The Morgan fingerprint density at radius 2 is 1.36 bits per heavy atom. The molecule has 4 aromatic carbocycles. The van der Waals surface area contributed by atoms with Gasteiger partial charge in [-0.1, -0.05) is 59.8 Å². The summed E-state index contributed by atoms with van der Waals surface area (Å²) >= 11 is 6.58. The zero-order chi connectivity index (χ0) is 57.0. The standard InChI is InChI=1S/C34H29F3N6.C32H33ClFN5O2/c1-2-24-27(36)10-7-20-5-3-6-25(29(20)24)31-30(37)32-26(16-38-31)33(42-18-22-8-9-23(19-42)39-22)41-28(40-32)11-13-34-12-4-14-43(34)17-21(35)15-34;33-25-5-1-4-19-12-22(40)13-23(28(19)25)30-29(34)31-24(15-35-30)26(38-16-20-6-7-21(17-38)36-20)14-27(37-31)41-18-32-8-2-10-39(32)11-3-9-32/h1,3,5-7,10,16,21-23,39H,4,8-9,12,14-15,17-19H2;1,4-5,12-15,20-21,36,40H,2-3,6-11,16-18H2. The number of hydrogen-bond donors (Lipinski definition) is 3. The van der Waals surface area contributed by atoms with Crippen molar-refractivity contribution in [1.82, 2.24) is 45.4 Å². The van der Waals surface area contributed by atoms with Crippen molar-refractivity contribution >= 4 is 66.5 Å². The second-order valence-corrected chi connectivity index (χ2v) is 24.9. The minimum atomic E-state index is -0.913. The minimum absolute atomic E-state index is 0.0232. The molecule has 0 saturated carbocycles. The van der Waals surface area contributed by atoms with Gasteiger partial charge in [0.15, 0.2) is 11.6 Å². The van der Waals surface area contributed by atoms with Crippen LogP contribution in [0.15, 0.2) is 79.1 Å². The Labute approximate surface area is 489 Å². The maximum atomic E-state index is 16.7. The molecule has 8 fully saturated rings. The van der Waals surface area contributed by atoms with Crippen LogP contribution < -0.4 is 25.2 Å². The average Bonchev–Trinajstić information content (AvgIpc) is 3.22. The highest BCUT2D eigenvalue weighted by atomic mass is 35.5. The van der Waals surface area contributed by atoms with Crippen LogP contribution in [0.25, 0.3) is 65.9 Å². The van der Waals surface area contributed by atoms with E-state index in [4.69, 9.17) is 32.7 Å². The molecule has 8 aliphatic heterocycles. The number of phenols is 1. The lowest BCUT2D eigenvalue weighted by atomic mass is 9.94. The van der Waals surface area contributed by atoms with Crippen molar-refractivity contribution in [1.29, 1.82) is 0 Å². The van der Waals surface area contributed by atoms with Crippen molar-refractivity contribution in [3.63, 3.8) is 0 Å². The summed E-state index contributed by atoms with van der Waals surface area (Å²) in [6.45, 7) is 7.16. The molecule has 0 spiro atoms. The SMILES string of the molecule is C#Cc1c(F)ccc2cccc(-c3ncc4c(N5CC6CCC(C5)N6)nc(C#CC56CCCN5CC(F)C6)nc4c3F)c12.Oc1cc(-c2ncc3c(N4CC5CCC(C4)N5)cc(OCC45CCCN4CCC5)nc3c2F)c2c(Cl)cccc2c1. The van der Waals surface area contributed by atoms with Gasteiger partial charge in [-0.3, -0.25) is 19.8 Å². The molecule has 0 aliphatic carbocycles. The van der Waals surface area contributed by atoms with Gasteiger partial charge in [-0.25, -0.2) is 32.5 Å². The van der Waals surface area contributed by atoms with E-state index in [-0.39, 0.29) is 45.1 Å². The molecule has 6 atom stereocenters. The second-order valence-electron chi connectivity index (χ2n) is 24.4. The average molecular weight is 1150 g/mol. The molecule has 8 aromatic rings. The maximum absolute atomic E-state index is 16.7. The molecule has 6 unspecified atom stereocenters. The number of phenolic OH excluding ortho intramolecular Hbond substituents is 1. The van der Waals surface area contributed by atoms with E-state index in [9.17, 15) is 13.9 Å². The molecule has 18 heteroatoms. The third-order valence-corrected chi connectivity index (χ3v) is 19.7. The molecule has 4 bridgehead atoms. The van der Waals surface area contributed by atoms with Crippen molar-refractivity contribution in [3.8, 4) is 58.3 Å². The first-order chi connectivity index (χ1) is 40.9. The topological polar surface area (TPSA) is 131 Å². The van der Waals surface area contributed by atoms with Crippen molar-refractivity contribution < 1.29 is 27.4 Å². The molecule has 3 N–H and O–H groups in total. The summed E-state index contributed by atoms with van der Waals surface area (Å²) in [5.74, 6) is 8.40. The monoisotopic (exact) mass is 1150 g/mol. The van der Waals surface area contributed by atoms with Crippen LogP contribution in [0.2, 0.25) is 5.02 Å². The second kappa shape index (κ2) is 21.0. The number of nitrogens with zero attached hydrogens (tertiary/aromatic N) is 9. The lowest BCUT2D eigenvalue weighted by molar-refractivity contribution is 0.111. The van der Waals surface area contributed by atoms with Crippen LogP contribution in [0.5, 0.6) is 11.6 Å². The van der Waals surface area contributed by atoms with Gasteiger partial charge in [0.05, 0.1) is 27.7 Å². The van der Waals surface area contributed by atoms with Gasteiger partial charge in [-0.2, -0.15) is 0 Å². The van der Waals surface area contributed by atoms with E-state index >= 15 is 8.78 Å². The molecular formula is C66H62ClF4N11O2. The number of benzene rings is 4. The highest BCUT2D eigenvalue weighted by Gasteiger charge is 2.48. The zero-order valence-electron chi connectivity index (χ0n) is 46.4. The Hall–Kier alpha value is -7.38. The summed E-state index contributed by atoms with van der Waals surface area (Å²) in [4.78, 5) is 32.6. The van der Waals surface area contributed by atoms with Gasteiger partial charge in [0.25, 0.3) is 0 Å². The van der Waals surface area contributed by atoms with Gasteiger partial charge < -0.3 is 30.3 Å². The van der Waals surface area contributed by atoms with Gasteiger partial charge in [0, 0.05) is 114 Å². The van der Waals surface area contributed by atoms with Crippen molar-refractivity contribution in [3.05, 3.63) is 113 Å². The number of piperazine rings is 2. The minimum Gasteiger partial charge on any atom is -0.508 e. The lowest BCUT2D eigenvalue weighted by Crippen LogP contribution is -2.51. The van der Waals surface area contributed by atoms with E-state index in [0.717, 1.165) is 103 Å². The molecule has 8 aliphatic rings. The normalized spacial score (nSPS) is 25.0. The Morgan fingerprint density at radius 3 is 2.10 bits per heavy atom. The van der Waals surface area contributed by atoms with E-state index in [1.54, 1.807) is 48.8 Å². The van der Waals surface area contributed by atoms with Crippen LogP contribution in [-0.4, -0.2) is 140 Å². The van der Waals surface area contributed by atoms with Gasteiger partial charge >= 0.3 is 0 Å². The van der Waals surface area contributed by atoms with E-state index in [1.165, 1.54) is 25.0 Å². The molecule has 13 nitrogen and oxygen atoms in total. The predicted octanol–water partition coefficient (Wildman–Crippen LogP) is 10.9. The molecule has 0 radical (unpaired) electrons. The molecule has 8 saturated heterocycles. The van der Waals surface area contributed by atoms with Crippen LogP contribution in [-0.2, 0) is 0 Å². The van der Waals surface area contributed by atoms with Crippen molar-refractivity contribution in [2.75, 3.05) is 68.8 Å². The highest BCUT2D eigenvalue weighted by molar-refractivity contribution is 6.36. The number of aromatic hydroxyl groups is 1. The number of rotatable bonds is 7. The van der Waals surface area contributed by atoms with Gasteiger partial charge in [-0.15, -0.1) is 6.42 Å². The summed E-state index contributed by atoms with van der Waals surface area (Å²) < 4.78 is 69.0. The number of aromatic nitrogens is 5. The summed E-state index contributed by atoms with van der Waals surface area (Å²) in [6, 6.07) is 20.3. The summed E-state index contributed by atoms with van der Waals surface area (Å²) in [6.07, 6.45) is 19.3. The van der Waals surface area contributed by atoms with E-state index in [0.29, 0.717) is 104 Å². The maximum Gasteiger partial charge on any atom is 0.216 e. The summed E-state index contributed by atoms with van der Waals surface area (Å²) in [7, 11) is 0. The molecule has 0 amide bonds. The van der Waals surface area contributed by atoms with E-state index < -0.39 is 29.2 Å². The fraction of sp³-hybridized carbons (Fsp3) is 0.409. The Balaban J connectivity index is 0.000000143. The number of nitrogens with one attached hydrogen (secondary N) is 2. The third-order valence-electron chi connectivity index (χ3n) is 19.4. The van der Waals surface area contributed by atoms with Gasteiger partial charge in [-0.05, 0) is 125 Å². The van der Waals surface area contributed by atoms with Gasteiger partial charge in [0.2, 0.25) is 11.7 Å². The smallest absolute Gasteiger partial charge is 0.216 e. The fourth-order valence-electron chi connectivity index (χ4n) is 15.5. The molecule has 84 heavy (non-hydrogen) atoms. The molecule has 16 rings (SSSR count). The largest absolute Gasteiger partial charge is 0.508 e. The first kappa shape index (κ1) is 53.4. The first-order valence-electron chi connectivity index (χ1n) is 29.7. The van der Waals surface area contributed by atoms with Crippen molar-refractivity contribution in [2.45, 2.75) is 112 Å². The van der Waals surface area contributed by atoms with Crippen molar-refractivity contribution in [2.24, 2.45) is 0 Å². The third kappa shape index (κ3) is 9.20. The predicted molar refractivity (Wildman–Crippen MR) is 320 cm³/mol. The summed E-state index contributed by atoms with van der Waals surface area (Å²) in [5, 5.41) is 21.9. The van der Waals surface area contributed by atoms with Crippen LogP contribution in [0.4, 0.5) is 29.1 Å². The Bertz CT molecular complexity index is 4080. The van der Waals surface area contributed by atoms with Gasteiger partial charge in [0.1, 0.15) is 52.6 Å². The van der Waals surface area contributed by atoms with E-state index in [2.05, 4.69) is 62.9 Å². The number of fused-ring (bicyclic) bond motifs is 10. The van der Waals surface area contributed by atoms with E-state index in [1.807, 2.05) is 18.2 Å². The molecule has 428 valence electrons. The number of halogens is 5. The molecular weight excluding hydrogens is 1090 g/mol. The number of terminal acetylenes is 1. The number of pyridine rings is 3. The molecule has 12 heterocycles. The van der Waals surface area contributed by atoms with Crippen LogP contribution in [0.1, 0.15) is 82.0 Å². The zero-order valence-corrected chi connectivity index (χ0v) is 47.1. The first-order valence-corrected chi connectivity index (χ1v) is 30.0. The number of anilines is 2. The fourth-order valence-corrected chi connectivity index (χ4v) is 15.8. The molecule has 4 aromatic heterocycles. The number of hydrogen-bond acceptors (Lipinski definition) is 13. The summed E-state index contributed by atoms with van der Waals surface area (Å²) in [5.41, 5.74) is 1.77. The van der Waals surface area contributed by atoms with Crippen LogP contribution >= 0.6 is 11.6 Å². The van der Waals surface area contributed by atoms with Crippen LogP contribution in [0, 0.1) is 41.6 Å². The quantitative estimate of drug-likeness (QED) is 0.103. The lowest BCUT2D eigenvalue weighted by Gasteiger charge is -2.35. The Kier molecular flexibility index (Phi) is 13.3. The number of ether oxygens (including phenoxy) is 1.